The van der Waals surface area contributed by atoms with Gasteiger partial charge in [-0.05, 0) is 25.0 Å². The molecule has 4 rings (SSSR count). The fourth-order valence-electron chi connectivity index (χ4n) is 3.53. The van der Waals surface area contributed by atoms with Crippen LogP contribution in [0, 0.1) is 0 Å². The maximum Gasteiger partial charge on any atom is 0.227 e. The topological polar surface area (TPSA) is 89.9 Å². The quantitative estimate of drug-likeness (QED) is 0.688. The molecule has 0 aromatic carbocycles. The predicted octanol–water partition coefficient (Wildman–Crippen LogP) is 2.20. The number of nitrogens with zero attached hydrogens (tertiary/aromatic N) is 6. The van der Waals surface area contributed by atoms with Gasteiger partial charge >= 0.3 is 0 Å². The molecule has 1 aliphatic rings. The highest BCUT2D eigenvalue weighted by Crippen LogP contribution is 2.26. The number of carbonyl (C=O) groups excluding carboxylic acids is 1. The molecule has 0 saturated carbocycles. The van der Waals surface area contributed by atoms with Gasteiger partial charge in [0, 0.05) is 69.2 Å². The zero-order valence-corrected chi connectivity index (χ0v) is 15.3. The van der Waals surface area contributed by atoms with Crippen LogP contribution >= 0.6 is 0 Å². The molecule has 0 radical (unpaired) electrons. The van der Waals surface area contributed by atoms with Crippen molar-refractivity contribution in [2.45, 2.75) is 31.6 Å². The number of carbonyl (C=O) groups is 1. The van der Waals surface area contributed by atoms with Crippen molar-refractivity contribution in [3.05, 3.63) is 48.6 Å². The Morgan fingerprint density at radius 1 is 1.37 bits per heavy atom. The maximum absolute atomic E-state index is 12.6. The zero-order valence-electron chi connectivity index (χ0n) is 15.3. The van der Waals surface area contributed by atoms with E-state index in [1.807, 2.05) is 41.0 Å². The van der Waals surface area contributed by atoms with Crippen LogP contribution in [0.3, 0.4) is 0 Å². The molecule has 8 nitrogen and oxygen atoms in total. The summed E-state index contributed by atoms with van der Waals surface area (Å²) in [6, 6.07) is 3.70. The second-order valence-electron chi connectivity index (χ2n) is 6.83. The Balaban J connectivity index is 1.34. The predicted molar refractivity (Wildman–Crippen MR) is 97.6 cm³/mol. The minimum Gasteiger partial charge on any atom is -0.342 e. The van der Waals surface area contributed by atoms with E-state index in [-0.39, 0.29) is 5.91 Å². The van der Waals surface area contributed by atoms with E-state index >= 15 is 0 Å². The van der Waals surface area contributed by atoms with Gasteiger partial charge in [-0.2, -0.15) is 4.98 Å². The molecular formula is C19H22N6O2. The second-order valence-corrected chi connectivity index (χ2v) is 6.83. The number of imidazole rings is 1. The largest absolute Gasteiger partial charge is 0.342 e. The summed E-state index contributed by atoms with van der Waals surface area (Å²) in [6.45, 7) is 1.51. The zero-order chi connectivity index (χ0) is 18.6. The van der Waals surface area contributed by atoms with Gasteiger partial charge in [0.1, 0.15) is 5.82 Å². The van der Waals surface area contributed by atoms with Gasteiger partial charge in [-0.3, -0.25) is 9.78 Å². The summed E-state index contributed by atoms with van der Waals surface area (Å²) >= 11 is 0. The number of aryl methyl sites for hydroxylation is 2. The number of piperidine rings is 1. The Morgan fingerprint density at radius 3 is 3.07 bits per heavy atom. The summed E-state index contributed by atoms with van der Waals surface area (Å²) in [4.78, 5) is 27.4. The first kappa shape index (κ1) is 17.4. The highest BCUT2D eigenvalue weighted by Gasteiger charge is 2.27. The minimum absolute atomic E-state index is 0.120. The van der Waals surface area contributed by atoms with Crippen LogP contribution in [0.1, 0.15) is 36.9 Å². The van der Waals surface area contributed by atoms with Crippen molar-refractivity contribution >= 4 is 5.91 Å². The van der Waals surface area contributed by atoms with Gasteiger partial charge in [0.05, 0.1) is 0 Å². The Morgan fingerprint density at radius 2 is 2.30 bits per heavy atom. The molecule has 0 bridgehead atoms. The maximum atomic E-state index is 12.6. The summed E-state index contributed by atoms with van der Waals surface area (Å²) < 4.78 is 7.32. The first-order chi connectivity index (χ1) is 13.2. The Hall–Kier alpha value is -3.03. The fraction of sp³-hybridized carbons (Fsp3) is 0.421. The lowest BCUT2D eigenvalue weighted by Crippen LogP contribution is -2.39. The molecule has 0 N–H and O–H groups in total. The van der Waals surface area contributed by atoms with Crippen molar-refractivity contribution in [2.75, 3.05) is 13.1 Å². The number of amides is 1. The van der Waals surface area contributed by atoms with Crippen molar-refractivity contribution in [1.82, 2.24) is 29.6 Å². The third-order valence-electron chi connectivity index (χ3n) is 4.94. The van der Waals surface area contributed by atoms with Crippen molar-refractivity contribution in [1.29, 1.82) is 0 Å². The molecule has 8 heteroatoms. The molecule has 1 amide bonds. The van der Waals surface area contributed by atoms with Gasteiger partial charge in [-0.25, -0.2) is 4.98 Å². The van der Waals surface area contributed by atoms with Crippen LogP contribution in [0.15, 0.2) is 41.4 Å². The Kier molecular flexibility index (Phi) is 4.95. The fourth-order valence-corrected chi connectivity index (χ4v) is 3.53. The number of pyridine rings is 1. The van der Waals surface area contributed by atoms with Crippen molar-refractivity contribution < 1.29 is 9.32 Å². The van der Waals surface area contributed by atoms with E-state index in [4.69, 9.17) is 4.52 Å². The monoisotopic (exact) mass is 366 g/mol. The van der Waals surface area contributed by atoms with Crippen LogP contribution in [0.4, 0.5) is 0 Å². The van der Waals surface area contributed by atoms with Crippen LogP contribution in [-0.2, 0) is 18.3 Å². The lowest BCUT2D eigenvalue weighted by Gasteiger charge is -2.32. The summed E-state index contributed by atoms with van der Waals surface area (Å²) in [5.74, 6) is 2.43. The molecule has 1 saturated heterocycles. The summed E-state index contributed by atoms with van der Waals surface area (Å²) in [5, 5.41) is 3.97. The molecule has 1 fully saturated rings. The molecule has 0 spiro atoms. The summed E-state index contributed by atoms with van der Waals surface area (Å²) in [5.41, 5.74) is 0.799. The molecule has 4 heterocycles. The van der Waals surface area contributed by atoms with E-state index in [1.165, 1.54) is 0 Å². The average molecular weight is 366 g/mol. The molecule has 3 aromatic heterocycles. The van der Waals surface area contributed by atoms with E-state index in [9.17, 15) is 4.79 Å². The third kappa shape index (κ3) is 3.89. The highest BCUT2D eigenvalue weighted by molar-refractivity contribution is 5.76. The molecule has 1 atom stereocenters. The van der Waals surface area contributed by atoms with E-state index in [0.717, 1.165) is 30.8 Å². The van der Waals surface area contributed by atoms with Gasteiger partial charge < -0.3 is 14.0 Å². The van der Waals surface area contributed by atoms with Gasteiger partial charge in [-0.15, -0.1) is 0 Å². The molecular weight excluding hydrogens is 344 g/mol. The van der Waals surface area contributed by atoms with Crippen LogP contribution in [0.5, 0.6) is 0 Å². The van der Waals surface area contributed by atoms with Gasteiger partial charge in [0.2, 0.25) is 17.6 Å². The number of likely N-dealkylation sites (tertiary alicyclic amines) is 1. The highest BCUT2D eigenvalue weighted by atomic mass is 16.5. The standard InChI is InChI=1S/C19H22N6O2/c1-24-11-9-21-19(24)15-5-3-10-25(13-15)17(26)7-6-16-22-18(23-27-16)14-4-2-8-20-12-14/h2,4,8-9,11-12,15H,3,5-7,10,13H2,1H3/t15-/m0/s1. The lowest BCUT2D eigenvalue weighted by atomic mass is 9.97. The molecule has 1 aliphatic heterocycles. The smallest absolute Gasteiger partial charge is 0.227 e. The molecule has 0 aliphatic carbocycles. The minimum atomic E-state index is 0.120. The van der Waals surface area contributed by atoms with Crippen molar-refractivity contribution in [3.8, 4) is 11.4 Å². The lowest BCUT2D eigenvalue weighted by molar-refractivity contribution is -0.132. The van der Waals surface area contributed by atoms with E-state index < -0.39 is 0 Å². The van der Waals surface area contributed by atoms with Gasteiger partial charge in [-0.1, -0.05) is 5.16 Å². The number of aromatic nitrogens is 5. The van der Waals surface area contributed by atoms with Crippen LogP contribution in [-0.4, -0.2) is 48.6 Å². The normalized spacial score (nSPS) is 17.2. The van der Waals surface area contributed by atoms with Crippen molar-refractivity contribution in [3.63, 3.8) is 0 Å². The molecule has 3 aromatic rings. The summed E-state index contributed by atoms with van der Waals surface area (Å²) in [6.07, 6.45) is 10.0. The Labute approximate surface area is 157 Å². The number of rotatable bonds is 5. The van der Waals surface area contributed by atoms with Crippen molar-refractivity contribution in [2.24, 2.45) is 7.05 Å². The molecule has 27 heavy (non-hydrogen) atoms. The summed E-state index contributed by atoms with van der Waals surface area (Å²) in [7, 11) is 2.00. The number of hydrogen-bond acceptors (Lipinski definition) is 6. The number of hydrogen-bond donors (Lipinski definition) is 0. The Bertz CT molecular complexity index is 904. The van der Waals surface area contributed by atoms with Crippen LogP contribution in [0.25, 0.3) is 11.4 Å². The molecule has 140 valence electrons. The third-order valence-corrected chi connectivity index (χ3v) is 4.94. The first-order valence-electron chi connectivity index (χ1n) is 9.18. The van der Waals surface area contributed by atoms with E-state index in [0.29, 0.717) is 37.0 Å². The SMILES string of the molecule is Cn1ccnc1[C@H]1CCCN(C(=O)CCc2nc(-c3cccnc3)no2)C1. The van der Waals surface area contributed by atoms with Crippen LogP contribution < -0.4 is 0 Å². The molecule has 0 unspecified atom stereocenters. The van der Waals surface area contributed by atoms with E-state index in [2.05, 4.69) is 20.1 Å². The second kappa shape index (κ2) is 7.69. The van der Waals surface area contributed by atoms with Crippen LogP contribution in [0.2, 0.25) is 0 Å². The van der Waals surface area contributed by atoms with Gasteiger partial charge in [0.15, 0.2) is 0 Å². The van der Waals surface area contributed by atoms with Gasteiger partial charge in [0.25, 0.3) is 0 Å². The van der Waals surface area contributed by atoms with E-state index in [1.54, 1.807) is 12.4 Å². The average Bonchev–Trinajstić information content (AvgIpc) is 3.36. The first-order valence-corrected chi connectivity index (χ1v) is 9.18.